The largest absolute Gasteiger partial charge is 0.491 e. The van der Waals surface area contributed by atoms with Crippen LogP contribution in [0, 0.1) is 0 Å². The molecule has 1 atom stereocenters. The third-order valence-electron chi connectivity index (χ3n) is 3.30. The lowest BCUT2D eigenvalue weighted by Gasteiger charge is -2.29. The van der Waals surface area contributed by atoms with E-state index in [0.29, 0.717) is 5.02 Å². The van der Waals surface area contributed by atoms with Gasteiger partial charge in [0.2, 0.25) is 0 Å². The van der Waals surface area contributed by atoms with Crippen molar-refractivity contribution in [3.8, 4) is 5.75 Å². The fourth-order valence-electron chi connectivity index (χ4n) is 2.31. The number of hydrogen-bond acceptors (Lipinski definition) is 2. The van der Waals surface area contributed by atoms with E-state index in [1.807, 2.05) is 63.2 Å². The van der Waals surface area contributed by atoms with Crippen LogP contribution in [0.15, 0.2) is 46.9 Å². The summed E-state index contributed by atoms with van der Waals surface area (Å²) in [5, 5.41) is 0.633. The van der Waals surface area contributed by atoms with Gasteiger partial charge >= 0.3 is 0 Å². The van der Waals surface area contributed by atoms with Crippen molar-refractivity contribution in [3.05, 3.63) is 63.1 Å². The van der Waals surface area contributed by atoms with Gasteiger partial charge in [-0.15, -0.1) is 0 Å². The Bertz CT molecular complexity index is 640. The molecule has 112 valence electrons. The highest BCUT2D eigenvalue weighted by molar-refractivity contribution is 9.10. The van der Waals surface area contributed by atoms with Crippen molar-refractivity contribution in [1.82, 2.24) is 0 Å². The van der Waals surface area contributed by atoms with Crippen LogP contribution in [0.2, 0.25) is 5.02 Å². The smallest absolute Gasteiger partial charge is 0.125 e. The molecule has 0 radical (unpaired) electrons. The van der Waals surface area contributed by atoms with E-state index in [0.717, 1.165) is 21.3 Å². The zero-order valence-electron chi connectivity index (χ0n) is 12.4. The van der Waals surface area contributed by atoms with E-state index in [1.165, 1.54) is 0 Å². The molecule has 2 aromatic rings. The Morgan fingerprint density at radius 3 is 2.43 bits per heavy atom. The van der Waals surface area contributed by atoms with Crippen molar-refractivity contribution in [2.45, 2.75) is 32.4 Å². The van der Waals surface area contributed by atoms with E-state index in [-0.39, 0.29) is 6.10 Å². The van der Waals surface area contributed by atoms with Crippen LogP contribution in [0.3, 0.4) is 0 Å². The second kappa shape index (κ2) is 6.39. The lowest BCUT2D eigenvalue weighted by molar-refractivity contribution is 0.237. The van der Waals surface area contributed by atoms with Crippen LogP contribution >= 0.6 is 27.5 Å². The highest BCUT2D eigenvalue weighted by atomic mass is 79.9. The molecule has 2 rings (SSSR count). The van der Waals surface area contributed by atoms with Crippen LogP contribution in [0.4, 0.5) is 0 Å². The number of nitrogens with two attached hydrogens (primary N) is 1. The first kappa shape index (κ1) is 16.3. The molecular weight excluding hydrogens is 350 g/mol. The van der Waals surface area contributed by atoms with Crippen LogP contribution in [0.1, 0.15) is 31.9 Å². The standard InChI is InChI=1S/C17H19BrClNO/c1-11(2)21-16-7-5-4-6-14(16)17(3,20)13-9-8-12(18)10-15(13)19/h4-11H,20H2,1-3H3. The maximum atomic E-state index is 6.61. The van der Waals surface area contributed by atoms with Crippen molar-refractivity contribution in [1.29, 1.82) is 0 Å². The van der Waals surface area contributed by atoms with Gasteiger partial charge in [0.05, 0.1) is 11.6 Å². The highest BCUT2D eigenvalue weighted by Gasteiger charge is 2.29. The van der Waals surface area contributed by atoms with Crippen molar-refractivity contribution < 1.29 is 4.74 Å². The van der Waals surface area contributed by atoms with Gasteiger partial charge in [-0.1, -0.05) is 51.8 Å². The van der Waals surface area contributed by atoms with Gasteiger partial charge in [-0.05, 0) is 44.5 Å². The van der Waals surface area contributed by atoms with Gasteiger partial charge in [-0.3, -0.25) is 0 Å². The second-order valence-corrected chi connectivity index (χ2v) is 6.81. The first-order chi connectivity index (χ1) is 9.82. The molecule has 21 heavy (non-hydrogen) atoms. The van der Waals surface area contributed by atoms with Crippen LogP contribution in [-0.4, -0.2) is 6.10 Å². The zero-order valence-corrected chi connectivity index (χ0v) is 14.7. The maximum absolute atomic E-state index is 6.61. The van der Waals surface area contributed by atoms with E-state index in [4.69, 9.17) is 22.1 Å². The Morgan fingerprint density at radius 1 is 1.14 bits per heavy atom. The Balaban J connectivity index is 2.53. The van der Waals surface area contributed by atoms with Crippen LogP contribution < -0.4 is 10.5 Å². The fourth-order valence-corrected chi connectivity index (χ4v) is 3.18. The van der Waals surface area contributed by atoms with Crippen LogP contribution in [0.5, 0.6) is 5.75 Å². The predicted molar refractivity (Wildman–Crippen MR) is 92.0 cm³/mol. The summed E-state index contributed by atoms with van der Waals surface area (Å²) in [5.41, 5.74) is 7.66. The summed E-state index contributed by atoms with van der Waals surface area (Å²) in [6, 6.07) is 13.6. The molecule has 0 saturated carbocycles. The topological polar surface area (TPSA) is 35.2 Å². The highest BCUT2D eigenvalue weighted by Crippen LogP contribution is 2.37. The average Bonchev–Trinajstić information content (AvgIpc) is 2.37. The van der Waals surface area contributed by atoms with Crippen molar-refractivity contribution in [3.63, 3.8) is 0 Å². The minimum atomic E-state index is -0.733. The lowest BCUT2D eigenvalue weighted by Crippen LogP contribution is -2.35. The van der Waals surface area contributed by atoms with E-state index in [9.17, 15) is 0 Å². The second-order valence-electron chi connectivity index (χ2n) is 5.49. The maximum Gasteiger partial charge on any atom is 0.125 e. The van der Waals surface area contributed by atoms with Crippen LogP contribution in [0.25, 0.3) is 0 Å². The summed E-state index contributed by atoms with van der Waals surface area (Å²) in [5.74, 6) is 0.788. The molecule has 0 amide bonds. The Morgan fingerprint density at radius 2 is 1.81 bits per heavy atom. The summed E-state index contributed by atoms with van der Waals surface area (Å²) in [6.07, 6.45) is 0.0855. The molecule has 2 aromatic carbocycles. The quantitative estimate of drug-likeness (QED) is 0.813. The minimum absolute atomic E-state index is 0.0855. The van der Waals surface area contributed by atoms with Gasteiger partial charge in [0.15, 0.2) is 0 Å². The van der Waals surface area contributed by atoms with Crippen molar-refractivity contribution in [2.75, 3.05) is 0 Å². The summed E-state index contributed by atoms with van der Waals surface area (Å²) >= 11 is 9.79. The molecule has 2 N–H and O–H groups in total. The van der Waals surface area contributed by atoms with Gasteiger partial charge in [-0.25, -0.2) is 0 Å². The Kier molecular flexibility index (Phi) is 4.97. The average molecular weight is 369 g/mol. The predicted octanol–water partition coefficient (Wildman–Crippen LogP) is 5.11. The minimum Gasteiger partial charge on any atom is -0.491 e. The lowest BCUT2D eigenvalue weighted by atomic mass is 9.85. The van der Waals surface area contributed by atoms with Crippen molar-refractivity contribution >= 4 is 27.5 Å². The SMILES string of the molecule is CC(C)Oc1ccccc1C(C)(N)c1ccc(Br)cc1Cl. The molecule has 4 heteroatoms. The van der Waals surface area contributed by atoms with E-state index in [2.05, 4.69) is 15.9 Å². The number of ether oxygens (including phenoxy) is 1. The Labute approximate surface area is 139 Å². The fraction of sp³-hybridized carbons (Fsp3) is 0.294. The number of hydrogen-bond donors (Lipinski definition) is 1. The molecule has 0 aliphatic rings. The van der Waals surface area contributed by atoms with Gasteiger partial charge in [0, 0.05) is 15.1 Å². The molecular formula is C17H19BrClNO. The van der Waals surface area contributed by atoms with E-state index >= 15 is 0 Å². The molecule has 2 nitrogen and oxygen atoms in total. The first-order valence-electron chi connectivity index (χ1n) is 6.83. The number of halogens is 2. The number of benzene rings is 2. The van der Waals surface area contributed by atoms with Crippen LogP contribution in [-0.2, 0) is 5.54 Å². The molecule has 0 saturated heterocycles. The Hall–Kier alpha value is -1.03. The molecule has 0 heterocycles. The van der Waals surface area contributed by atoms with E-state index < -0.39 is 5.54 Å². The normalized spacial score (nSPS) is 14.0. The molecule has 0 spiro atoms. The summed E-state index contributed by atoms with van der Waals surface area (Å²) < 4.78 is 6.81. The third-order valence-corrected chi connectivity index (χ3v) is 4.11. The van der Waals surface area contributed by atoms with Gasteiger partial charge in [0.1, 0.15) is 5.75 Å². The van der Waals surface area contributed by atoms with Crippen molar-refractivity contribution in [2.24, 2.45) is 5.73 Å². The molecule has 1 unspecified atom stereocenters. The molecule has 0 aliphatic carbocycles. The summed E-state index contributed by atoms with van der Waals surface area (Å²) in [4.78, 5) is 0. The van der Waals surface area contributed by atoms with Gasteiger partial charge in [0.25, 0.3) is 0 Å². The summed E-state index contributed by atoms with van der Waals surface area (Å²) in [6.45, 7) is 5.94. The molecule has 0 fully saturated rings. The number of rotatable bonds is 4. The zero-order chi connectivity index (χ0) is 15.6. The van der Waals surface area contributed by atoms with Gasteiger partial charge < -0.3 is 10.5 Å². The molecule has 0 aliphatic heterocycles. The monoisotopic (exact) mass is 367 g/mol. The van der Waals surface area contributed by atoms with Gasteiger partial charge in [-0.2, -0.15) is 0 Å². The summed E-state index contributed by atoms with van der Waals surface area (Å²) in [7, 11) is 0. The first-order valence-corrected chi connectivity index (χ1v) is 8.00. The molecule has 0 aromatic heterocycles. The molecule has 0 bridgehead atoms. The number of para-hydroxylation sites is 1. The van der Waals surface area contributed by atoms with E-state index in [1.54, 1.807) is 0 Å². The third kappa shape index (κ3) is 3.60.